The summed E-state index contributed by atoms with van der Waals surface area (Å²) >= 11 is 0. The first-order valence-electron chi connectivity index (χ1n) is 11.3. The fourth-order valence-corrected chi connectivity index (χ4v) is 3.90. The van der Waals surface area contributed by atoms with Crippen molar-refractivity contribution in [3.05, 3.63) is 59.7 Å². The van der Waals surface area contributed by atoms with Gasteiger partial charge in [-0.3, -0.25) is 0 Å². The van der Waals surface area contributed by atoms with Gasteiger partial charge in [0.15, 0.2) is 0 Å². The molecule has 1 saturated heterocycles. The first-order valence-corrected chi connectivity index (χ1v) is 11.3. The van der Waals surface area contributed by atoms with Crippen molar-refractivity contribution in [2.24, 2.45) is 5.92 Å². The van der Waals surface area contributed by atoms with Crippen LogP contribution in [0.4, 0.5) is 0 Å². The Labute approximate surface area is 177 Å². The molecule has 0 aromatic heterocycles. The molecular weight excluding hydrogens is 358 g/mol. The Bertz CT molecular complexity index is 702. The molecule has 3 nitrogen and oxygen atoms in total. The van der Waals surface area contributed by atoms with E-state index in [-0.39, 0.29) is 6.10 Å². The first kappa shape index (κ1) is 21.7. The molecule has 1 unspecified atom stereocenters. The van der Waals surface area contributed by atoms with E-state index in [0.29, 0.717) is 5.92 Å². The van der Waals surface area contributed by atoms with Crippen LogP contribution in [0.25, 0.3) is 0 Å². The summed E-state index contributed by atoms with van der Waals surface area (Å²) in [6, 6.07) is 16.8. The maximum atomic E-state index is 6.33. The van der Waals surface area contributed by atoms with Crippen LogP contribution in [0.2, 0.25) is 0 Å². The lowest BCUT2D eigenvalue weighted by Crippen LogP contribution is -2.31. The van der Waals surface area contributed by atoms with E-state index in [1.807, 2.05) is 0 Å². The molecule has 29 heavy (non-hydrogen) atoms. The summed E-state index contributed by atoms with van der Waals surface area (Å²) in [5, 5.41) is 0. The zero-order valence-electron chi connectivity index (χ0n) is 18.4. The molecule has 2 aromatic carbocycles. The van der Waals surface area contributed by atoms with Crippen molar-refractivity contribution in [2.45, 2.75) is 59.0 Å². The molecule has 3 heteroatoms. The van der Waals surface area contributed by atoms with Crippen molar-refractivity contribution in [3.8, 4) is 11.5 Å². The molecule has 158 valence electrons. The Morgan fingerprint density at radius 2 is 1.52 bits per heavy atom. The smallest absolute Gasteiger partial charge is 0.124 e. The predicted octanol–water partition coefficient (Wildman–Crippen LogP) is 6.42. The van der Waals surface area contributed by atoms with Gasteiger partial charge in [0.25, 0.3) is 0 Å². The molecule has 1 atom stereocenters. The van der Waals surface area contributed by atoms with Crippen molar-refractivity contribution in [2.75, 3.05) is 26.2 Å². The highest BCUT2D eigenvalue weighted by Crippen LogP contribution is 2.29. The van der Waals surface area contributed by atoms with Crippen molar-refractivity contribution in [1.82, 2.24) is 4.90 Å². The van der Waals surface area contributed by atoms with Crippen LogP contribution in [-0.4, -0.2) is 31.1 Å². The van der Waals surface area contributed by atoms with Gasteiger partial charge in [-0.2, -0.15) is 0 Å². The third-order valence-corrected chi connectivity index (χ3v) is 5.57. The molecule has 0 radical (unpaired) electrons. The van der Waals surface area contributed by atoms with Crippen LogP contribution >= 0.6 is 0 Å². The summed E-state index contributed by atoms with van der Waals surface area (Å²) in [6.07, 6.45) is 6.24. The number of hydrogen-bond acceptors (Lipinski definition) is 3. The summed E-state index contributed by atoms with van der Waals surface area (Å²) in [4.78, 5) is 2.56. The summed E-state index contributed by atoms with van der Waals surface area (Å²) in [7, 11) is 0. The molecule has 1 aliphatic rings. The summed E-state index contributed by atoms with van der Waals surface area (Å²) < 4.78 is 12.3. The fraction of sp³-hybridized carbons (Fsp3) is 0.538. The lowest BCUT2D eigenvalue weighted by atomic mass is 9.99. The standard InChI is InChI=1S/C26H37NO2/c1-21(2)20-26(29-25-12-8-22(3)9-13-25)23-10-14-24(15-11-23)28-19-7-18-27-16-5-4-6-17-27/h8-15,21,26H,4-7,16-20H2,1-3H3. The number of rotatable bonds is 10. The number of nitrogens with zero attached hydrogens (tertiary/aromatic N) is 1. The summed E-state index contributed by atoms with van der Waals surface area (Å²) in [6.45, 7) is 11.0. The van der Waals surface area contributed by atoms with Crippen LogP contribution in [0.1, 0.15) is 63.2 Å². The van der Waals surface area contributed by atoms with Gasteiger partial charge in [-0.1, -0.05) is 50.1 Å². The van der Waals surface area contributed by atoms with E-state index in [9.17, 15) is 0 Å². The molecule has 0 saturated carbocycles. The Kier molecular flexibility index (Phi) is 8.42. The van der Waals surface area contributed by atoms with Gasteiger partial charge in [-0.15, -0.1) is 0 Å². The minimum absolute atomic E-state index is 0.0610. The Hall–Kier alpha value is -2.00. The van der Waals surface area contributed by atoms with Crippen LogP contribution in [0.15, 0.2) is 48.5 Å². The molecule has 0 aliphatic carbocycles. The van der Waals surface area contributed by atoms with E-state index in [1.54, 1.807) is 0 Å². The van der Waals surface area contributed by atoms with E-state index in [2.05, 4.69) is 74.2 Å². The quantitative estimate of drug-likeness (QED) is 0.434. The van der Waals surface area contributed by atoms with Gasteiger partial charge in [-0.05, 0) is 81.4 Å². The number of hydrogen-bond donors (Lipinski definition) is 0. The molecule has 0 spiro atoms. The monoisotopic (exact) mass is 395 g/mol. The summed E-state index contributed by atoms with van der Waals surface area (Å²) in [5.41, 5.74) is 2.46. The summed E-state index contributed by atoms with van der Waals surface area (Å²) in [5.74, 6) is 2.45. The van der Waals surface area contributed by atoms with Crippen LogP contribution in [0.3, 0.4) is 0 Å². The first-order chi connectivity index (χ1) is 14.1. The van der Waals surface area contributed by atoms with Crippen molar-refractivity contribution < 1.29 is 9.47 Å². The second-order valence-corrected chi connectivity index (χ2v) is 8.72. The largest absolute Gasteiger partial charge is 0.494 e. The van der Waals surface area contributed by atoms with Gasteiger partial charge < -0.3 is 14.4 Å². The molecule has 1 fully saturated rings. The Morgan fingerprint density at radius 3 is 2.17 bits per heavy atom. The third-order valence-electron chi connectivity index (χ3n) is 5.57. The minimum atomic E-state index is 0.0610. The van der Waals surface area contributed by atoms with Crippen LogP contribution in [-0.2, 0) is 0 Å². The topological polar surface area (TPSA) is 21.7 Å². The highest BCUT2D eigenvalue weighted by molar-refractivity contribution is 5.31. The number of aryl methyl sites for hydroxylation is 1. The number of likely N-dealkylation sites (tertiary alicyclic amines) is 1. The van der Waals surface area contributed by atoms with Crippen molar-refractivity contribution >= 4 is 0 Å². The van der Waals surface area contributed by atoms with Gasteiger partial charge in [0.2, 0.25) is 0 Å². The highest BCUT2D eigenvalue weighted by atomic mass is 16.5. The van der Waals surface area contributed by atoms with E-state index in [0.717, 1.165) is 37.5 Å². The van der Waals surface area contributed by atoms with Gasteiger partial charge >= 0.3 is 0 Å². The molecule has 2 aromatic rings. The third kappa shape index (κ3) is 7.40. The molecule has 0 bridgehead atoms. The average Bonchev–Trinajstić information content (AvgIpc) is 2.73. The number of piperidine rings is 1. The molecule has 1 heterocycles. The molecule has 0 amide bonds. The zero-order valence-corrected chi connectivity index (χ0v) is 18.4. The normalized spacial score (nSPS) is 16.0. The fourth-order valence-electron chi connectivity index (χ4n) is 3.90. The zero-order chi connectivity index (χ0) is 20.5. The second kappa shape index (κ2) is 11.3. The average molecular weight is 396 g/mol. The predicted molar refractivity (Wildman–Crippen MR) is 121 cm³/mol. The van der Waals surface area contributed by atoms with Crippen LogP contribution in [0, 0.1) is 12.8 Å². The lowest BCUT2D eigenvalue weighted by molar-refractivity contribution is 0.177. The SMILES string of the molecule is Cc1ccc(OC(CC(C)C)c2ccc(OCCCN3CCCCC3)cc2)cc1. The Balaban J connectivity index is 1.51. The van der Waals surface area contributed by atoms with Gasteiger partial charge in [0.1, 0.15) is 17.6 Å². The van der Waals surface area contributed by atoms with Crippen molar-refractivity contribution in [3.63, 3.8) is 0 Å². The molecule has 3 rings (SSSR count). The minimum Gasteiger partial charge on any atom is -0.494 e. The van der Waals surface area contributed by atoms with E-state index >= 15 is 0 Å². The molecular formula is C26H37NO2. The van der Waals surface area contributed by atoms with E-state index in [4.69, 9.17) is 9.47 Å². The Morgan fingerprint density at radius 1 is 0.862 bits per heavy atom. The molecule has 1 aliphatic heterocycles. The van der Waals surface area contributed by atoms with E-state index < -0.39 is 0 Å². The molecule has 0 N–H and O–H groups in total. The lowest BCUT2D eigenvalue weighted by Gasteiger charge is -2.26. The van der Waals surface area contributed by atoms with Crippen LogP contribution < -0.4 is 9.47 Å². The number of ether oxygens (including phenoxy) is 2. The maximum Gasteiger partial charge on any atom is 0.124 e. The highest BCUT2D eigenvalue weighted by Gasteiger charge is 2.16. The van der Waals surface area contributed by atoms with Crippen molar-refractivity contribution in [1.29, 1.82) is 0 Å². The number of benzene rings is 2. The second-order valence-electron chi connectivity index (χ2n) is 8.72. The van der Waals surface area contributed by atoms with Gasteiger partial charge in [0.05, 0.1) is 6.61 Å². The van der Waals surface area contributed by atoms with Crippen LogP contribution in [0.5, 0.6) is 11.5 Å². The van der Waals surface area contributed by atoms with Gasteiger partial charge in [0, 0.05) is 6.54 Å². The van der Waals surface area contributed by atoms with E-state index in [1.165, 1.54) is 43.5 Å². The maximum absolute atomic E-state index is 6.33. The van der Waals surface area contributed by atoms with Gasteiger partial charge in [-0.25, -0.2) is 0 Å².